The van der Waals surface area contributed by atoms with Gasteiger partial charge in [0.15, 0.2) is 0 Å². The number of aromatic amines is 1. The lowest BCUT2D eigenvalue weighted by Gasteiger charge is -2.37. The van der Waals surface area contributed by atoms with Gasteiger partial charge in [0.05, 0.1) is 12.1 Å². The van der Waals surface area contributed by atoms with E-state index in [0.29, 0.717) is 23.8 Å². The van der Waals surface area contributed by atoms with E-state index < -0.39 is 0 Å². The molecule has 2 unspecified atom stereocenters. The van der Waals surface area contributed by atoms with Gasteiger partial charge in [-0.1, -0.05) is 6.92 Å². The van der Waals surface area contributed by atoms with E-state index in [1.165, 1.54) is 17.8 Å². The van der Waals surface area contributed by atoms with Crippen molar-refractivity contribution in [2.75, 3.05) is 13.1 Å². The molecular formula is C14H21ClN4OS. The minimum absolute atomic E-state index is 0. The summed E-state index contributed by atoms with van der Waals surface area (Å²) < 4.78 is 0.705. The monoisotopic (exact) mass is 328 g/mol. The molecule has 0 amide bonds. The lowest BCUT2D eigenvalue weighted by Crippen LogP contribution is -2.46. The molecule has 0 bridgehead atoms. The smallest absolute Gasteiger partial charge is 0.268 e. The summed E-state index contributed by atoms with van der Waals surface area (Å²) in [5, 5.41) is 1.90. The zero-order valence-electron chi connectivity index (χ0n) is 12.0. The molecule has 2 aromatic rings. The van der Waals surface area contributed by atoms with Crippen molar-refractivity contribution >= 4 is 34.0 Å². The number of halogens is 1. The highest BCUT2D eigenvalue weighted by Gasteiger charge is 2.25. The van der Waals surface area contributed by atoms with Crippen LogP contribution in [0.3, 0.4) is 0 Å². The summed E-state index contributed by atoms with van der Waals surface area (Å²) in [4.78, 5) is 21.8. The molecule has 0 spiro atoms. The van der Waals surface area contributed by atoms with E-state index in [9.17, 15) is 4.79 Å². The van der Waals surface area contributed by atoms with Crippen LogP contribution in [0.15, 0.2) is 16.2 Å². The van der Waals surface area contributed by atoms with E-state index in [-0.39, 0.29) is 18.0 Å². The van der Waals surface area contributed by atoms with Crippen LogP contribution in [0.1, 0.15) is 25.6 Å². The first-order chi connectivity index (χ1) is 9.67. The van der Waals surface area contributed by atoms with Crippen LogP contribution in [-0.4, -0.2) is 34.0 Å². The van der Waals surface area contributed by atoms with Gasteiger partial charge in [0, 0.05) is 12.6 Å². The summed E-state index contributed by atoms with van der Waals surface area (Å²) in [7, 11) is 0. The highest BCUT2D eigenvalue weighted by Crippen LogP contribution is 2.23. The quantitative estimate of drug-likeness (QED) is 0.903. The van der Waals surface area contributed by atoms with Gasteiger partial charge < -0.3 is 10.7 Å². The lowest BCUT2D eigenvalue weighted by atomic mass is 9.92. The van der Waals surface area contributed by atoms with Crippen molar-refractivity contribution in [3.8, 4) is 0 Å². The number of nitrogens with one attached hydrogen (secondary N) is 1. The Morgan fingerprint density at radius 3 is 3.14 bits per heavy atom. The molecule has 3 heterocycles. The summed E-state index contributed by atoms with van der Waals surface area (Å²) in [6.45, 7) is 4.64. The summed E-state index contributed by atoms with van der Waals surface area (Å²) >= 11 is 1.43. The summed E-state index contributed by atoms with van der Waals surface area (Å²) in [6, 6.07) is 2.29. The Balaban J connectivity index is 0.00000161. The topological polar surface area (TPSA) is 75.0 Å². The van der Waals surface area contributed by atoms with Crippen LogP contribution in [0, 0.1) is 5.92 Å². The van der Waals surface area contributed by atoms with E-state index in [1.54, 1.807) is 0 Å². The molecule has 0 saturated carbocycles. The molecule has 0 radical (unpaired) electrons. The molecule has 1 fully saturated rings. The van der Waals surface area contributed by atoms with Gasteiger partial charge in [-0.3, -0.25) is 9.69 Å². The number of aromatic nitrogens is 2. The molecule has 1 saturated heterocycles. The Morgan fingerprint density at radius 1 is 1.57 bits per heavy atom. The molecule has 1 aliphatic heterocycles. The molecule has 2 aromatic heterocycles. The highest BCUT2D eigenvalue weighted by molar-refractivity contribution is 7.17. The number of hydrogen-bond donors (Lipinski definition) is 2. The number of nitrogens with two attached hydrogens (primary N) is 1. The average molecular weight is 329 g/mol. The molecule has 1 aliphatic rings. The summed E-state index contributed by atoms with van der Waals surface area (Å²) in [5.41, 5.74) is 6.64. The van der Waals surface area contributed by atoms with Crippen LogP contribution in [0.4, 0.5) is 0 Å². The predicted octanol–water partition coefficient (Wildman–Crippen LogP) is 1.97. The maximum atomic E-state index is 12.0. The SMILES string of the molecule is CC1CCN(Cc2nc3ccsc3c(=O)[nH]2)C(CN)C1.Cl. The van der Waals surface area contributed by atoms with E-state index >= 15 is 0 Å². The first-order valence-corrected chi connectivity index (χ1v) is 7.96. The Hall–Kier alpha value is -0.950. The number of fused-ring (bicyclic) bond motifs is 1. The van der Waals surface area contributed by atoms with Crippen LogP contribution in [-0.2, 0) is 6.54 Å². The maximum absolute atomic E-state index is 12.0. The first kappa shape index (κ1) is 16.4. The van der Waals surface area contributed by atoms with E-state index in [2.05, 4.69) is 21.8 Å². The summed E-state index contributed by atoms with van der Waals surface area (Å²) in [6.07, 6.45) is 2.31. The number of hydrogen-bond acceptors (Lipinski definition) is 5. The Labute approximate surface area is 134 Å². The predicted molar refractivity (Wildman–Crippen MR) is 89.1 cm³/mol. The van der Waals surface area contributed by atoms with Crippen molar-refractivity contribution in [2.24, 2.45) is 11.7 Å². The molecule has 0 aliphatic carbocycles. The van der Waals surface area contributed by atoms with E-state index in [1.807, 2.05) is 11.4 Å². The fraction of sp³-hybridized carbons (Fsp3) is 0.571. The third-order valence-corrected chi connectivity index (χ3v) is 4.99. The first-order valence-electron chi connectivity index (χ1n) is 7.08. The molecule has 3 rings (SSSR count). The van der Waals surface area contributed by atoms with Gasteiger partial charge in [0.1, 0.15) is 10.5 Å². The molecule has 0 aromatic carbocycles. The number of thiophene rings is 1. The average Bonchev–Trinajstić information content (AvgIpc) is 2.89. The number of likely N-dealkylation sites (tertiary alicyclic amines) is 1. The third kappa shape index (κ3) is 3.45. The normalized spacial score (nSPS) is 23.1. The fourth-order valence-electron chi connectivity index (χ4n) is 2.94. The molecule has 2 atom stereocenters. The number of H-pyrrole nitrogens is 1. The number of piperidine rings is 1. The molecule has 3 N–H and O–H groups in total. The molecule has 7 heteroatoms. The number of nitrogens with zero attached hydrogens (tertiary/aromatic N) is 2. The van der Waals surface area contributed by atoms with Crippen molar-refractivity contribution in [3.05, 3.63) is 27.6 Å². The van der Waals surface area contributed by atoms with Crippen molar-refractivity contribution in [1.82, 2.24) is 14.9 Å². The summed E-state index contributed by atoms with van der Waals surface area (Å²) in [5.74, 6) is 1.47. The van der Waals surface area contributed by atoms with Gasteiger partial charge in [-0.2, -0.15) is 0 Å². The van der Waals surface area contributed by atoms with Crippen molar-refractivity contribution in [1.29, 1.82) is 0 Å². The Morgan fingerprint density at radius 2 is 2.38 bits per heavy atom. The van der Waals surface area contributed by atoms with Gasteiger partial charge in [-0.15, -0.1) is 23.7 Å². The largest absolute Gasteiger partial charge is 0.329 e. The molecule has 21 heavy (non-hydrogen) atoms. The van der Waals surface area contributed by atoms with Crippen molar-refractivity contribution < 1.29 is 0 Å². The minimum atomic E-state index is -0.0327. The van der Waals surface area contributed by atoms with Crippen LogP contribution >= 0.6 is 23.7 Å². The highest BCUT2D eigenvalue weighted by atomic mass is 35.5. The maximum Gasteiger partial charge on any atom is 0.268 e. The second-order valence-electron chi connectivity index (χ2n) is 5.64. The van der Waals surface area contributed by atoms with Crippen LogP contribution in [0.25, 0.3) is 10.2 Å². The van der Waals surface area contributed by atoms with Crippen LogP contribution in [0.5, 0.6) is 0 Å². The van der Waals surface area contributed by atoms with E-state index in [0.717, 1.165) is 30.2 Å². The standard InChI is InChI=1S/C14H20N4OS.ClH/c1-9-2-4-18(10(6-9)7-15)8-12-16-11-3-5-20-13(11)14(19)17-12;/h3,5,9-10H,2,4,6-8,15H2,1H3,(H,16,17,19);1H. The second-order valence-corrected chi connectivity index (χ2v) is 6.55. The molecule has 116 valence electrons. The van der Waals surface area contributed by atoms with Gasteiger partial charge in [-0.25, -0.2) is 4.98 Å². The van der Waals surface area contributed by atoms with Crippen molar-refractivity contribution in [3.63, 3.8) is 0 Å². The van der Waals surface area contributed by atoms with Crippen LogP contribution in [0.2, 0.25) is 0 Å². The third-order valence-electron chi connectivity index (χ3n) is 4.09. The zero-order valence-corrected chi connectivity index (χ0v) is 13.7. The Bertz CT molecular complexity index is 656. The van der Waals surface area contributed by atoms with Gasteiger partial charge in [-0.05, 0) is 36.8 Å². The number of rotatable bonds is 3. The van der Waals surface area contributed by atoms with Crippen molar-refractivity contribution in [2.45, 2.75) is 32.4 Å². The van der Waals surface area contributed by atoms with Gasteiger partial charge >= 0.3 is 0 Å². The van der Waals surface area contributed by atoms with Crippen LogP contribution < -0.4 is 11.3 Å². The lowest BCUT2D eigenvalue weighted by molar-refractivity contribution is 0.112. The van der Waals surface area contributed by atoms with Gasteiger partial charge in [0.2, 0.25) is 0 Å². The zero-order chi connectivity index (χ0) is 14.1. The van der Waals surface area contributed by atoms with E-state index in [4.69, 9.17) is 5.73 Å². The minimum Gasteiger partial charge on any atom is -0.329 e. The molecule has 5 nitrogen and oxygen atoms in total. The fourth-order valence-corrected chi connectivity index (χ4v) is 3.67. The molecular weight excluding hydrogens is 308 g/mol. The van der Waals surface area contributed by atoms with Gasteiger partial charge in [0.25, 0.3) is 5.56 Å². The second kappa shape index (κ2) is 6.87. The Kier molecular flexibility index (Phi) is 5.37.